The van der Waals surface area contributed by atoms with E-state index >= 15 is 0 Å². The van der Waals surface area contributed by atoms with Crippen LogP contribution in [0.5, 0.6) is 0 Å². The molecule has 0 saturated heterocycles. The predicted octanol–water partition coefficient (Wildman–Crippen LogP) is 11.2. The monoisotopic (exact) mass is 550 g/mol. The van der Waals surface area contributed by atoms with Crippen LogP contribution in [0.3, 0.4) is 0 Å². The smallest absolute Gasteiger partial charge is 0.306 e. The largest absolute Gasteiger partial charge is 0.462 e. The van der Waals surface area contributed by atoms with Gasteiger partial charge in [-0.05, 0) is 51.4 Å². The van der Waals surface area contributed by atoms with E-state index in [1.165, 1.54) is 103 Å². The van der Waals surface area contributed by atoms with Crippen LogP contribution in [0, 0.1) is 0 Å². The van der Waals surface area contributed by atoms with Crippen LogP contribution in [0.15, 0.2) is 12.2 Å². The van der Waals surface area contributed by atoms with Crippen molar-refractivity contribution in [2.75, 3.05) is 6.61 Å². The second-order valence-electron chi connectivity index (χ2n) is 11.5. The van der Waals surface area contributed by atoms with Gasteiger partial charge in [-0.2, -0.15) is 0 Å². The molecule has 0 atom stereocenters. The fourth-order valence-corrected chi connectivity index (χ4v) is 4.97. The minimum Gasteiger partial charge on any atom is -0.462 e. The Labute approximate surface area is 243 Å². The second-order valence-corrected chi connectivity index (χ2v) is 11.5. The first-order chi connectivity index (χ1) is 19.1. The summed E-state index contributed by atoms with van der Waals surface area (Å²) >= 11 is 0. The lowest BCUT2D eigenvalue weighted by Crippen LogP contribution is -2.18. The van der Waals surface area contributed by atoms with E-state index in [0.29, 0.717) is 19.4 Å². The molecular weight excluding hydrogens is 484 g/mol. The molecule has 0 spiro atoms. The van der Waals surface area contributed by atoms with Crippen LogP contribution < -0.4 is 0 Å². The molecule has 0 unspecified atom stereocenters. The molecule has 0 rings (SSSR count). The van der Waals surface area contributed by atoms with Gasteiger partial charge in [0, 0.05) is 12.8 Å². The highest BCUT2D eigenvalue weighted by atomic mass is 16.5. The van der Waals surface area contributed by atoms with Crippen molar-refractivity contribution in [2.45, 2.75) is 194 Å². The number of esters is 2. The summed E-state index contributed by atoms with van der Waals surface area (Å²) in [5.41, 5.74) is 0. The van der Waals surface area contributed by atoms with Crippen LogP contribution in [0.2, 0.25) is 0 Å². The number of allylic oxidation sites excluding steroid dienone is 1. The molecule has 230 valence electrons. The molecule has 0 aromatic carbocycles. The van der Waals surface area contributed by atoms with Gasteiger partial charge in [0.25, 0.3) is 0 Å². The highest BCUT2D eigenvalue weighted by molar-refractivity contribution is 5.69. The number of unbranched alkanes of at least 4 members (excludes halogenated alkanes) is 18. The van der Waals surface area contributed by atoms with Crippen molar-refractivity contribution in [1.82, 2.24) is 0 Å². The summed E-state index contributed by atoms with van der Waals surface area (Å²) in [5.74, 6) is -0.116. The van der Waals surface area contributed by atoms with Gasteiger partial charge in [0.05, 0.1) is 0 Å². The maximum Gasteiger partial charge on any atom is 0.306 e. The van der Waals surface area contributed by atoms with E-state index < -0.39 is 0 Å². The highest BCUT2D eigenvalue weighted by Crippen LogP contribution is 2.18. The van der Waals surface area contributed by atoms with Crippen molar-refractivity contribution in [1.29, 1.82) is 0 Å². The van der Waals surface area contributed by atoms with Gasteiger partial charge in [0.15, 0.2) is 0 Å². The summed E-state index contributed by atoms with van der Waals surface area (Å²) < 4.78 is 11.2. The fourth-order valence-electron chi connectivity index (χ4n) is 4.97. The molecule has 0 radical (unpaired) electrons. The Bertz CT molecular complexity index is 541. The number of hydrogen-bond donors (Lipinski definition) is 0. The Balaban J connectivity index is 3.91. The first-order valence-corrected chi connectivity index (χ1v) is 17.1. The Morgan fingerprint density at radius 2 is 0.949 bits per heavy atom. The number of rotatable bonds is 30. The molecule has 4 nitrogen and oxygen atoms in total. The molecule has 0 amide bonds. The summed E-state index contributed by atoms with van der Waals surface area (Å²) in [5, 5.41) is 0. The van der Waals surface area contributed by atoms with Crippen molar-refractivity contribution in [3.05, 3.63) is 12.2 Å². The molecule has 0 fully saturated rings. The van der Waals surface area contributed by atoms with E-state index in [9.17, 15) is 9.59 Å². The van der Waals surface area contributed by atoms with Crippen molar-refractivity contribution >= 4 is 11.9 Å². The summed E-state index contributed by atoms with van der Waals surface area (Å²) in [4.78, 5) is 24.4. The number of carbonyl (C=O) groups is 2. The summed E-state index contributed by atoms with van der Waals surface area (Å²) in [6.45, 7) is 7.12. The Hall–Kier alpha value is -1.32. The molecule has 0 aliphatic rings. The van der Waals surface area contributed by atoms with Crippen molar-refractivity contribution in [2.24, 2.45) is 0 Å². The van der Waals surface area contributed by atoms with Gasteiger partial charge in [-0.3, -0.25) is 9.59 Å². The van der Waals surface area contributed by atoms with Gasteiger partial charge in [-0.15, -0.1) is 0 Å². The Kier molecular flexibility index (Phi) is 30.2. The topological polar surface area (TPSA) is 52.6 Å². The number of ether oxygens (including phenoxy) is 2. The Morgan fingerprint density at radius 1 is 0.513 bits per heavy atom. The summed E-state index contributed by atoms with van der Waals surface area (Å²) in [6, 6.07) is 0. The lowest BCUT2D eigenvalue weighted by Gasteiger charge is -2.18. The molecular formula is C35H66O4. The molecule has 0 N–H and O–H groups in total. The molecule has 0 aliphatic carbocycles. The van der Waals surface area contributed by atoms with Gasteiger partial charge in [-0.25, -0.2) is 0 Å². The minimum absolute atomic E-state index is 0.0148. The van der Waals surface area contributed by atoms with Gasteiger partial charge in [0.2, 0.25) is 0 Å². The standard InChI is InChI=1S/C35H66O4/c1-4-7-10-13-16-22-27-32-38-34(36)30-25-20-17-21-26-31-35(37)39-33(28-23-18-14-11-8-5-2)29-24-19-15-12-9-6-3/h22,27,33H,4-21,23-26,28-32H2,1-3H3/b27-22-. The quantitative estimate of drug-likeness (QED) is 0.0507. The molecule has 0 heterocycles. The molecule has 0 bridgehead atoms. The van der Waals surface area contributed by atoms with Crippen LogP contribution in [0.25, 0.3) is 0 Å². The Morgan fingerprint density at radius 3 is 1.49 bits per heavy atom. The molecule has 0 aliphatic heterocycles. The van der Waals surface area contributed by atoms with Crippen LogP contribution in [0.4, 0.5) is 0 Å². The molecule has 39 heavy (non-hydrogen) atoms. The molecule has 0 saturated carbocycles. The van der Waals surface area contributed by atoms with E-state index in [4.69, 9.17) is 9.47 Å². The third-order valence-corrected chi connectivity index (χ3v) is 7.55. The third kappa shape index (κ3) is 29.5. The summed E-state index contributed by atoms with van der Waals surface area (Å²) in [6.07, 6.45) is 33.6. The fraction of sp³-hybridized carbons (Fsp3) is 0.886. The lowest BCUT2D eigenvalue weighted by atomic mass is 10.0. The van der Waals surface area contributed by atoms with E-state index in [1.807, 2.05) is 6.08 Å². The van der Waals surface area contributed by atoms with Gasteiger partial charge >= 0.3 is 11.9 Å². The SMILES string of the molecule is CCCCCC/C=C\COC(=O)CCCCCCCC(=O)OC(CCCCCCCC)CCCCCCCC. The second kappa shape index (κ2) is 31.2. The lowest BCUT2D eigenvalue weighted by molar-refractivity contribution is -0.150. The zero-order chi connectivity index (χ0) is 28.7. The zero-order valence-corrected chi connectivity index (χ0v) is 26.5. The average molecular weight is 551 g/mol. The van der Waals surface area contributed by atoms with Crippen molar-refractivity contribution in [3.63, 3.8) is 0 Å². The van der Waals surface area contributed by atoms with Gasteiger partial charge in [-0.1, -0.05) is 136 Å². The molecule has 0 aromatic rings. The van der Waals surface area contributed by atoms with Crippen molar-refractivity contribution in [3.8, 4) is 0 Å². The van der Waals surface area contributed by atoms with E-state index in [2.05, 4.69) is 26.8 Å². The average Bonchev–Trinajstić information content (AvgIpc) is 2.93. The predicted molar refractivity (Wildman–Crippen MR) is 167 cm³/mol. The first kappa shape index (κ1) is 37.7. The van der Waals surface area contributed by atoms with Gasteiger partial charge < -0.3 is 9.47 Å². The van der Waals surface area contributed by atoms with E-state index in [1.54, 1.807) is 0 Å². The van der Waals surface area contributed by atoms with Gasteiger partial charge in [0.1, 0.15) is 12.7 Å². The maximum atomic E-state index is 12.5. The molecule has 0 aromatic heterocycles. The van der Waals surface area contributed by atoms with Crippen LogP contribution in [-0.2, 0) is 19.1 Å². The van der Waals surface area contributed by atoms with Crippen LogP contribution in [-0.4, -0.2) is 24.6 Å². The maximum absolute atomic E-state index is 12.5. The van der Waals surface area contributed by atoms with Crippen molar-refractivity contribution < 1.29 is 19.1 Å². The number of carbonyl (C=O) groups excluding carboxylic acids is 2. The van der Waals surface area contributed by atoms with Crippen LogP contribution >= 0.6 is 0 Å². The first-order valence-electron chi connectivity index (χ1n) is 17.1. The third-order valence-electron chi connectivity index (χ3n) is 7.55. The van der Waals surface area contributed by atoms with Crippen LogP contribution in [0.1, 0.15) is 188 Å². The van der Waals surface area contributed by atoms with E-state index in [0.717, 1.165) is 51.4 Å². The normalized spacial score (nSPS) is 11.5. The van der Waals surface area contributed by atoms with E-state index in [-0.39, 0.29) is 18.0 Å². The zero-order valence-electron chi connectivity index (χ0n) is 26.5. The molecule has 4 heteroatoms. The number of hydrogen-bond acceptors (Lipinski definition) is 4. The summed E-state index contributed by atoms with van der Waals surface area (Å²) in [7, 11) is 0. The highest BCUT2D eigenvalue weighted by Gasteiger charge is 2.14. The minimum atomic E-state index is -0.101.